The molecule has 1 fully saturated rings. The zero-order valence-electron chi connectivity index (χ0n) is 10.4. The topological polar surface area (TPSA) is 111 Å². The molecular weight excluding hydrogens is 266 g/mol. The highest BCUT2D eigenvalue weighted by atomic mass is 16.6. The molecule has 1 saturated heterocycles. The van der Waals surface area contributed by atoms with Crippen LogP contribution in [0.25, 0.3) is 11.0 Å². The SMILES string of the molecule is O=[N+]([O-])c1ccnc2c1ccn2[C@@H]1C[C@H](O)[C@@H](CO)O1. The van der Waals surface area contributed by atoms with E-state index < -0.39 is 23.4 Å². The summed E-state index contributed by atoms with van der Waals surface area (Å²) in [5.74, 6) is 0. The molecule has 1 aliphatic heterocycles. The molecule has 0 radical (unpaired) electrons. The maximum atomic E-state index is 11.0. The highest BCUT2D eigenvalue weighted by molar-refractivity contribution is 5.85. The molecule has 106 valence electrons. The number of pyridine rings is 1. The van der Waals surface area contributed by atoms with Gasteiger partial charge in [-0.2, -0.15) is 0 Å². The van der Waals surface area contributed by atoms with Crippen LogP contribution in [-0.2, 0) is 4.74 Å². The van der Waals surface area contributed by atoms with Gasteiger partial charge in [0, 0.05) is 24.9 Å². The van der Waals surface area contributed by atoms with E-state index in [-0.39, 0.29) is 12.3 Å². The molecule has 3 heterocycles. The van der Waals surface area contributed by atoms with Crippen LogP contribution < -0.4 is 0 Å². The molecule has 2 aromatic heterocycles. The van der Waals surface area contributed by atoms with E-state index in [0.29, 0.717) is 17.5 Å². The van der Waals surface area contributed by atoms with Crippen LogP contribution in [0.5, 0.6) is 0 Å². The van der Waals surface area contributed by atoms with Crippen LogP contribution in [-0.4, -0.2) is 43.5 Å². The molecule has 0 aromatic carbocycles. The van der Waals surface area contributed by atoms with E-state index in [2.05, 4.69) is 4.98 Å². The second-order valence-corrected chi connectivity index (χ2v) is 4.66. The minimum absolute atomic E-state index is 0.0222. The van der Waals surface area contributed by atoms with E-state index in [0.717, 1.165) is 0 Å². The summed E-state index contributed by atoms with van der Waals surface area (Å²) in [5.41, 5.74) is 0.404. The summed E-state index contributed by atoms with van der Waals surface area (Å²) in [5, 5.41) is 30.2. The van der Waals surface area contributed by atoms with Crippen molar-refractivity contribution in [2.45, 2.75) is 24.9 Å². The van der Waals surface area contributed by atoms with Gasteiger partial charge in [0.1, 0.15) is 18.0 Å². The Morgan fingerprint density at radius 1 is 1.55 bits per heavy atom. The molecule has 2 aromatic rings. The third kappa shape index (κ3) is 1.94. The molecule has 0 saturated carbocycles. The predicted octanol–water partition coefficient (Wildman–Crippen LogP) is 0.585. The lowest BCUT2D eigenvalue weighted by Gasteiger charge is -2.14. The molecule has 0 bridgehead atoms. The van der Waals surface area contributed by atoms with Crippen LogP contribution >= 0.6 is 0 Å². The van der Waals surface area contributed by atoms with Crippen molar-refractivity contribution in [1.29, 1.82) is 0 Å². The first-order valence-electron chi connectivity index (χ1n) is 6.16. The van der Waals surface area contributed by atoms with E-state index in [1.54, 1.807) is 16.8 Å². The van der Waals surface area contributed by atoms with Gasteiger partial charge in [-0.3, -0.25) is 10.1 Å². The summed E-state index contributed by atoms with van der Waals surface area (Å²) in [6, 6.07) is 2.94. The van der Waals surface area contributed by atoms with Crippen molar-refractivity contribution in [3.63, 3.8) is 0 Å². The molecule has 3 rings (SSSR count). The van der Waals surface area contributed by atoms with Crippen molar-refractivity contribution in [2.75, 3.05) is 6.61 Å². The van der Waals surface area contributed by atoms with Crippen LogP contribution in [0.4, 0.5) is 5.69 Å². The predicted molar refractivity (Wildman–Crippen MR) is 68.0 cm³/mol. The van der Waals surface area contributed by atoms with Gasteiger partial charge in [0.05, 0.1) is 23.0 Å². The summed E-state index contributed by atoms with van der Waals surface area (Å²) < 4.78 is 7.17. The average molecular weight is 279 g/mol. The fourth-order valence-electron chi connectivity index (χ4n) is 2.49. The van der Waals surface area contributed by atoms with Crippen molar-refractivity contribution in [1.82, 2.24) is 9.55 Å². The second kappa shape index (κ2) is 4.82. The molecule has 3 atom stereocenters. The third-order valence-electron chi connectivity index (χ3n) is 3.48. The van der Waals surface area contributed by atoms with Gasteiger partial charge < -0.3 is 19.5 Å². The summed E-state index contributed by atoms with van der Waals surface area (Å²) in [4.78, 5) is 14.6. The maximum Gasteiger partial charge on any atom is 0.281 e. The number of ether oxygens (including phenoxy) is 1. The van der Waals surface area contributed by atoms with Gasteiger partial charge in [-0.25, -0.2) is 4.98 Å². The van der Waals surface area contributed by atoms with Crippen molar-refractivity contribution >= 4 is 16.7 Å². The monoisotopic (exact) mass is 279 g/mol. The molecule has 2 N–H and O–H groups in total. The Hall–Kier alpha value is -2.03. The number of fused-ring (bicyclic) bond motifs is 1. The van der Waals surface area contributed by atoms with Gasteiger partial charge in [0.15, 0.2) is 0 Å². The average Bonchev–Trinajstić information content (AvgIpc) is 3.01. The zero-order chi connectivity index (χ0) is 14.3. The van der Waals surface area contributed by atoms with E-state index in [4.69, 9.17) is 9.84 Å². The highest BCUT2D eigenvalue weighted by Gasteiger charge is 2.35. The standard InChI is InChI=1S/C12H13N3O5/c16-6-10-9(17)5-11(20-10)14-4-2-7-8(15(18)19)1-3-13-12(7)14/h1-4,9-11,16-17H,5-6H2/t9-,10+,11-/m0/s1. The number of nitrogens with zero attached hydrogens (tertiary/aromatic N) is 3. The van der Waals surface area contributed by atoms with Crippen LogP contribution in [0.2, 0.25) is 0 Å². The quantitative estimate of drug-likeness (QED) is 0.628. The van der Waals surface area contributed by atoms with E-state index in [1.165, 1.54) is 12.3 Å². The lowest BCUT2D eigenvalue weighted by molar-refractivity contribution is -0.383. The number of rotatable bonds is 3. The molecule has 0 unspecified atom stereocenters. The molecule has 0 spiro atoms. The summed E-state index contributed by atoms with van der Waals surface area (Å²) in [7, 11) is 0. The second-order valence-electron chi connectivity index (χ2n) is 4.66. The molecule has 8 heteroatoms. The molecule has 1 aliphatic rings. The summed E-state index contributed by atoms with van der Waals surface area (Å²) >= 11 is 0. The number of aromatic nitrogens is 2. The van der Waals surface area contributed by atoms with Crippen molar-refractivity contribution in [3.8, 4) is 0 Å². The van der Waals surface area contributed by atoms with Gasteiger partial charge in [0.25, 0.3) is 5.69 Å². The Morgan fingerprint density at radius 3 is 3.00 bits per heavy atom. The van der Waals surface area contributed by atoms with Crippen molar-refractivity contribution < 1.29 is 19.9 Å². The van der Waals surface area contributed by atoms with Crippen molar-refractivity contribution in [3.05, 3.63) is 34.6 Å². The first-order valence-corrected chi connectivity index (χ1v) is 6.16. The molecule has 8 nitrogen and oxygen atoms in total. The number of nitro groups is 1. The number of aliphatic hydroxyl groups is 2. The smallest absolute Gasteiger partial charge is 0.281 e. The van der Waals surface area contributed by atoms with Gasteiger partial charge in [-0.15, -0.1) is 0 Å². The minimum Gasteiger partial charge on any atom is -0.394 e. The lowest BCUT2D eigenvalue weighted by Crippen LogP contribution is -2.24. The Kier molecular flexibility index (Phi) is 3.13. The van der Waals surface area contributed by atoms with Crippen LogP contribution in [0.3, 0.4) is 0 Å². The van der Waals surface area contributed by atoms with Crippen LogP contribution in [0.1, 0.15) is 12.6 Å². The largest absolute Gasteiger partial charge is 0.394 e. The summed E-state index contributed by atoms with van der Waals surface area (Å²) in [6.07, 6.45) is 1.42. The van der Waals surface area contributed by atoms with Gasteiger partial charge in [0.2, 0.25) is 0 Å². The Bertz CT molecular complexity index is 656. The summed E-state index contributed by atoms with van der Waals surface area (Å²) in [6.45, 7) is -0.273. The Balaban J connectivity index is 2.02. The van der Waals surface area contributed by atoms with Crippen LogP contribution in [0.15, 0.2) is 24.5 Å². The van der Waals surface area contributed by atoms with Gasteiger partial charge in [-0.1, -0.05) is 0 Å². The lowest BCUT2D eigenvalue weighted by atomic mass is 10.2. The normalized spacial score (nSPS) is 26.2. The fraction of sp³-hybridized carbons (Fsp3) is 0.417. The Labute approximate surface area is 113 Å². The molecule has 0 amide bonds. The number of hydrogen-bond acceptors (Lipinski definition) is 6. The number of aliphatic hydroxyl groups excluding tert-OH is 2. The van der Waals surface area contributed by atoms with E-state index in [1.807, 2.05) is 0 Å². The number of hydrogen-bond donors (Lipinski definition) is 2. The minimum atomic E-state index is -0.763. The van der Waals surface area contributed by atoms with Crippen LogP contribution in [0, 0.1) is 10.1 Å². The molecular formula is C12H13N3O5. The molecule has 0 aliphatic carbocycles. The Morgan fingerprint density at radius 2 is 2.35 bits per heavy atom. The first kappa shape index (κ1) is 13.0. The molecule has 20 heavy (non-hydrogen) atoms. The zero-order valence-corrected chi connectivity index (χ0v) is 10.4. The maximum absolute atomic E-state index is 11.0. The third-order valence-corrected chi connectivity index (χ3v) is 3.48. The van der Waals surface area contributed by atoms with E-state index >= 15 is 0 Å². The van der Waals surface area contributed by atoms with E-state index in [9.17, 15) is 15.2 Å². The highest BCUT2D eigenvalue weighted by Crippen LogP contribution is 2.33. The van der Waals surface area contributed by atoms with Crippen molar-refractivity contribution in [2.24, 2.45) is 0 Å². The van der Waals surface area contributed by atoms with Gasteiger partial charge in [-0.05, 0) is 6.07 Å². The fourth-order valence-corrected chi connectivity index (χ4v) is 2.49. The van der Waals surface area contributed by atoms with Gasteiger partial charge >= 0.3 is 0 Å². The first-order chi connectivity index (χ1) is 9.61.